The largest absolute Gasteiger partial charge is 0.457 e. The molecule has 2 aromatic rings. The molecule has 116 valence electrons. The van der Waals surface area contributed by atoms with Gasteiger partial charge in [-0.15, -0.1) is 0 Å². The van der Waals surface area contributed by atoms with Crippen molar-refractivity contribution < 1.29 is 9.53 Å². The molecule has 1 amide bonds. The Balaban J connectivity index is 1.66. The molecular formula is C18H17N3O2. The average molecular weight is 307 g/mol. The maximum absolute atomic E-state index is 12.1. The fourth-order valence-electron chi connectivity index (χ4n) is 2.49. The minimum absolute atomic E-state index is 0.0260. The van der Waals surface area contributed by atoms with Crippen molar-refractivity contribution in [1.29, 1.82) is 5.26 Å². The number of rotatable bonds is 4. The SMILES string of the molecule is N#Cc1ccc(Oc2cccc(NC(=O)[C@@H]3CCNC3)c2)cc1. The molecule has 0 bridgehead atoms. The second-order valence-corrected chi connectivity index (χ2v) is 5.45. The summed E-state index contributed by atoms with van der Waals surface area (Å²) in [5.74, 6) is 1.34. The van der Waals surface area contributed by atoms with Gasteiger partial charge in [0.25, 0.3) is 0 Å². The number of ether oxygens (including phenoxy) is 1. The number of hydrogen-bond donors (Lipinski definition) is 2. The third-order valence-electron chi connectivity index (χ3n) is 3.75. The van der Waals surface area contributed by atoms with Crippen LogP contribution in [0.1, 0.15) is 12.0 Å². The van der Waals surface area contributed by atoms with Crippen LogP contribution in [-0.4, -0.2) is 19.0 Å². The zero-order valence-electron chi connectivity index (χ0n) is 12.6. The molecule has 3 rings (SSSR count). The third kappa shape index (κ3) is 3.87. The van der Waals surface area contributed by atoms with Crippen LogP contribution in [-0.2, 0) is 4.79 Å². The Kier molecular flexibility index (Phi) is 4.55. The minimum Gasteiger partial charge on any atom is -0.457 e. The fraction of sp³-hybridized carbons (Fsp3) is 0.222. The van der Waals surface area contributed by atoms with E-state index < -0.39 is 0 Å². The number of benzene rings is 2. The van der Waals surface area contributed by atoms with Gasteiger partial charge in [0, 0.05) is 18.3 Å². The zero-order valence-corrected chi connectivity index (χ0v) is 12.6. The van der Waals surface area contributed by atoms with E-state index in [9.17, 15) is 4.79 Å². The molecule has 1 fully saturated rings. The van der Waals surface area contributed by atoms with Crippen LogP contribution in [0.25, 0.3) is 0 Å². The van der Waals surface area contributed by atoms with Gasteiger partial charge < -0.3 is 15.4 Å². The summed E-state index contributed by atoms with van der Waals surface area (Å²) < 4.78 is 5.75. The topological polar surface area (TPSA) is 74.1 Å². The normalized spacial score (nSPS) is 16.6. The van der Waals surface area contributed by atoms with E-state index in [4.69, 9.17) is 10.00 Å². The van der Waals surface area contributed by atoms with E-state index in [1.54, 1.807) is 30.3 Å². The Hall–Kier alpha value is -2.84. The van der Waals surface area contributed by atoms with Crippen molar-refractivity contribution in [3.63, 3.8) is 0 Å². The Morgan fingerprint density at radius 1 is 1.22 bits per heavy atom. The Morgan fingerprint density at radius 2 is 2.04 bits per heavy atom. The van der Waals surface area contributed by atoms with Gasteiger partial charge in [0.1, 0.15) is 11.5 Å². The molecule has 23 heavy (non-hydrogen) atoms. The lowest BCUT2D eigenvalue weighted by atomic mass is 10.1. The third-order valence-corrected chi connectivity index (χ3v) is 3.75. The zero-order chi connectivity index (χ0) is 16.1. The molecule has 5 nitrogen and oxygen atoms in total. The van der Waals surface area contributed by atoms with E-state index >= 15 is 0 Å². The molecule has 0 spiro atoms. The minimum atomic E-state index is 0.0260. The molecule has 1 atom stereocenters. The van der Waals surface area contributed by atoms with Crippen LogP contribution in [0.3, 0.4) is 0 Å². The lowest BCUT2D eigenvalue weighted by Crippen LogP contribution is -2.24. The number of carbonyl (C=O) groups excluding carboxylic acids is 1. The molecule has 1 aliphatic heterocycles. The predicted octanol–water partition coefficient (Wildman–Crippen LogP) is 2.90. The summed E-state index contributed by atoms with van der Waals surface area (Å²) >= 11 is 0. The molecule has 0 saturated carbocycles. The summed E-state index contributed by atoms with van der Waals surface area (Å²) in [4.78, 5) is 12.1. The van der Waals surface area contributed by atoms with Crippen molar-refractivity contribution in [2.24, 2.45) is 5.92 Å². The van der Waals surface area contributed by atoms with Crippen LogP contribution in [0.4, 0.5) is 5.69 Å². The number of nitrogens with one attached hydrogen (secondary N) is 2. The van der Waals surface area contributed by atoms with Crippen LogP contribution < -0.4 is 15.4 Å². The summed E-state index contributed by atoms with van der Waals surface area (Å²) in [6, 6.07) is 16.2. The van der Waals surface area contributed by atoms with Gasteiger partial charge in [-0.25, -0.2) is 0 Å². The highest BCUT2D eigenvalue weighted by molar-refractivity contribution is 5.93. The van der Waals surface area contributed by atoms with Crippen LogP contribution >= 0.6 is 0 Å². The van der Waals surface area contributed by atoms with E-state index in [-0.39, 0.29) is 11.8 Å². The van der Waals surface area contributed by atoms with Gasteiger partial charge in [-0.3, -0.25) is 4.79 Å². The summed E-state index contributed by atoms with van der Waals surface area (Å²) in [6.45, 7) is 1.62. The average Bonchev–Trinajstić information content (AvgIpc) is 3.10. The van der Waals surface area contributed by atoms with Gasteiger partial charge in [-0.05, 0) is 49.4 Å². The monoisotopic (exact) mass is 307 g/mol. The number of amides is 1. The fourth-order valence-corrected chi connectivity index (χ4v) is 2.49. The highest BCUT2D eigenvalue weighted by Gasteiger charge is 2.22. The van der Waals surface area contributed by atoms with E-state index in [2.05, 4.69) is 16.7 Å². The number of nitriles is 1. The first kappa shape index (κ1) is 15.1. The van der Waals surface area contributed by atoms with Gasteiger partial charge in [-0.2, -0.15) is 5.26 Å². The first-order chi connectivity index (χ1) is 11.2. The number of hydrogen-bond acceptors (Lipinski definition) is 4. The lowest BCUT2D eigenvalue weighted by Gasteiger charge is -2.11. The van der Waals surface area contributed by atoms with Crippen LogP contribution in [0, 0.1) is 17.2 Å². The number of nitrogens with zero attached hydrogens (tertiary/aromatic N) is 1. The summed E-state index contributed by atoms with van der Waals surface area (Å²) in [7, 11) is 0. The van der Waals surface area contributed by atoms with Crippen LogP contribution in [0.15, 0.2) is 48.5 Å². The van der Waals surface area contributed by atoms with E-state index in [0.717, 1.165) is 19.5 Å². The molecule has 0 radical (unpaired) electrons. The van der Waals surface area contributed by atoms with E-state index in [0.29, 0.717) is 22.7 Å². The molecule has 5 heteroatoms. The standard InChI is InChI=1S/C18H17N3O2/c19-11-13-4-6-16(7-5-13)23-17-3-1-2-15(10-17)21-18(22)14-8-9-20-12-14/h1-7,10,14,20H,8-9,12H2,(H,21,22)/t14-/m1/s1. The molecule has 0 unspecified atom stereocenters. The maximum atomic E-state index is 12.1. The van der Waals surface area contributed by atoms with Crippen molar-refractivity contribution in [3.05, 3.63) is 54.1 Å². The summed E-state index contributed by atoms with van der Waals surface area (Å²) in [6.07, 6.45) is 0.868. The first-order valence-electron chi connectivity index (χ1n) is 7.54. The molecule has 0 aromatic heterocycles. The molecule has 1 heterocycles. The molecule has 2 aromatic carbocycles. The van der Waals surface area contributed by atoms with Crippen molar-refractivity contribution in [1.82, 2.24) is 5.32 Å². The predicted molar refractivity (Wildman–Crippen MR) is 87.3 cm³/mol. The van der Waals surface area contributed by atoms with Crippen LogP contribution in [0.5, 0.6) is 11.5 Å². The van der Waals surface area contributed by atoms with Gasteiger partial charge in [0.2, 0.25) is 5.91 Å². The van der Waals surface area contributed by atoms with Gasteiger partial charge in [-0.1, -0.05) is 6.07 Å². The Morgan fingerprint density at radius 3 is 2.74 bits per heavy atom. The van der Waals surface area contributed by atoms with Gasteiger partial charge in [0.05, 0.1) is 17.6 Å². The van der Waals surface area contributed by atoms with Crippen molar-refractivity contribution in [3.8, 4) is 17.6 Å². The quantitative estimate of drug-likeness (QED) is 0.911. The van der Waals surface area contributed by atoms with E-state index in [1.807, 2.05) is 18.2 Å². The smallest absolute Gasteiger partial charge is 0.228 e. The van der Waals surface area contributed by atoms with E-state index in [1.165, 1.54) is 0 Å². The van der Waals surface area contributed by atoms with Crippen molar-refractivity contribution in [2.75, 3.05) is 18.4 Å². The van der Waals surface area contributed by atoms with Gasteiger partial charge >= 0.3 is 0 Å². The number of carbonyl (C=O) groups is 1. The highest BCUT2D eigenvalue weighted by Crippen LogP contribution is 2.25. The van der Waals surface area contributed by atoms with Crippen molar-refractivity contribution in [2.45, 2.75) is 6.42 Å². The molecule has 0 aliphatic carbocycles. The second-order valence-electron chi connectivity index (χ2n) is 5.45. The summed E-state index contributed by atoms with van der Waals surface area (Å²) in [5.41, 5.74) is 1.30. The van der Waals surface area contributed by atoms with Gasteiger partial charge in [0.15, 0.2) is 0 Å². The molecule has 1 saturated heterocycles. The Labute approximate surface area is 134 Å². The molecule has 2 N–H and O–H groups in total. The molecule has 1 aliphatic rings. The second kappa shape index (κ2) is 6.95. The van der Waals surface area contributed by atoms with Crippen molar-refractivity contribution >= 4 is 11.6 Å². The highest BCUT2D eigenvalue weighted by atomic mass is 16.5. The Bertz CT molecular complexity index is 729. The lowest BCUT2D eigenvalue weighted by molar-refractivity contribution is -0.119. The molecular weight excluding hydrogens is 290 g/mol. The number of anilines is 1. The van der Waals surface area contributed by atoms with Crippen LogP contribution in [0.2, 0.25) is 0 Å². The first-order valence-corrected chi connectivity index (χ1v) is 7.54. The maximum Gasteiger partial charge on any atom is 0.228 e. The summed E-state index contributed by atoms with van der Waals surface area (Å²) in [5, 5.41) is 14.9.